The van der Waals surface area contributed by atoms with E-state index in [1.807, 2.05) is 6.07 Å². The first kappa shape index (κ1) is 19.6. The predicted molar refractivity (Wildman–Crippen MR) is 111 cm³/mol. The molecule has 1 aliphatic rings. The van der Waals surface area contributed by atoms with E-state index in [1.165, 1.54) is 12.5 Å². The average molecular weight is 394 g/mol. The number of carbonyl (C=O) groups excluding carboxylic acids is 1. The Hall–Kier alpha value is -2.76. The van der Waals surface area contributed by atoms with Crippen LogP contribution in [0.5, 0.6) is 0 Å². The fraction of sp³-hybridized carbons (Fsp3) is 0.435. The number of carbonyl (C=O) groups is 1. The first-order valence-electron chi connectivity index (χ1n) is 10.3. The fourth-order valence-corrected chi connectivity index (χ4v) is 3.82. The van der Waals surface area contributed by atoms with E-state index in [4.69, 9.17) is 0 Å². The molecule has 3 aromatic rings. The van der Waals surface area contributed by atoms with Crippen LogP contribution in [0.4, 0.5) is 4.39 Å². The molecule has 2 aromatic heterocycles. The molecule has 0 radical (unpaired) electrons. The summed E-state index contributed by atoms with van der Waals surface area (Å²) in [7, 11) is 0. The lowest BCUT2D eigenvalue weighted by Crippen LogP contribution is -2.36. The average Bonchev–Trinajstić information content (AvgIpc) is 3.13. The third kappa shape index (κ3) is 4.02. The van der Waals surface area contributed by atoms with Gasteiger partial charge in [-0.2, -0.15) is 5.10 Å². The van der Waals surface area contributed by atoms with E-state index in [1.54, 1.807) is 28.8 Å². The maximum absolute atomic E-state index is 14.6. The zero-order valence-electron chi connectivity index (χ0n) is 17.2. The van der Waals surface area contributed by atoms with Crippen molar-refractivity contribution in [1.29, 1.82) is 0 Å². The molecule has 0 spiro atoms. The van der Waals surface area contributed by atoms with Crippen LogP contribution >= 0.6 is 0 Å². The van der Waals surface area contributed by atoms with Gasteiger partial charge in [0.2, 0.25) is 0 Å². The molecule has 152 valence electrons. The zero-order valence-corrected chi connectivity index (χ0v) is 17.2. The Morgan fingerprint density at radius 2 is 1.86 bits per heavy atom. The number of nitrogens with zero attached hydrogens (tertiary/aromatic N) is 3. The quantitative estimate of drug-likeness (QED) is 0.688. The number of amides is 1. The number of fused-ring (bicyclic) bond motifs is 1. The highest BCUT2D eigenvalue weighted by Gasteiger charge is 2.23. The lowest BCUT2D eigenvalue weighted by atomic mass is 9.93. The summed E-state index contributed by atoms with van der Waals surface area (Å²) in [5.41, 5.74) is 2.41. The van der Waals surface area contributed by atoms with Gasteiger partial charge in [0.05, 0.1) is 11.4 Å². The largest absolute Gasteiger partial charge is 0.348 e. The molecule has 1 N–H and O–H groups in total. The Labute approximate surface area is 170 Å². The van der Waals surface area contributed by atoms with Crippen molar-refractivity contribution in [1.82, 2.24) is 19.9 Å². The number of halogens is 1. The third-order valence-electron chi connectivity index (χ3n) is 5.52. The Balaban J connectivity index is 1.81. The Kier molecular flexibility index (Phi) is 5.11. The maximum atomic E-state index is 14.6. The van der Waals surface area contributed by atoms with Crippen molar-refractivity contribution in [2.45, 2.75) is 64.3 Å². The van der Waals surface area contributed by atoms with Crippen LogP contribution in [0.2, 0.25) is 0 Å². The molecular weight excluding hydrogens is 367 g/mol. The van der Waals surface area contributed by atoms with Crippen molar-refractivity contribution in [3.05, 3.63) is 53.6 Å². The summed E-state index contributed by atoms with van der Waals surface area (Å²) in [6.45, 7) is 6.19. The minimum absolute atomic E-state index is 0.182. The molecule has 5 nitrogen and oxygen atoms in total. The van der Waals surface area contributed by atoms with Gasteiger partial charge in [0.15, 0.2) is 5.65 Å². The van der Waals surface area contributed by atoms with Crippen molar-refractivity contribution >= 4 is 11.6 Å². The summed E-state index contributed by atoms with van der Waals surface area (Å²) >= 11 is 0. The molecule has 6 heteroatoms. The highest BCUT2D eigenvalue weighted by Crippen LogP contribution is 2.28. The van der Waals surface area contributed by atoms with Crippen molar-refractivity contribution in [2.24, 2.45) is 0 Å². The van der Waals surface area contributed by atoms with Gasteiger partial charge in [-0.25, -0.2) is 13.9 Å². The summed E-state index contributed by atoms with van der Waals surface area (Å²) in [6, 6.07) is 10.2. The van der Waals surface area contributed by atoms with Gasteiger partial charge < -0.3 is 5.32 Å². The zero-order chi connectivity index (χ0) is 20.6. The van der Waals surface area contributed by atoms with Crippen molar-refractivity contribution < 1.29 is 9.18 Å². The van der Waals surface area contributed by atoms with Crippen molar-refractivity contribution in [3.8, 4) is 11.3 Å². The summed E-state index contributed by atoms with van der Waals surface area (Å²) in [5, 5.41) is 7.78. The first-order chi connectivity index (χ1) is 13.8. The molecule has 0 saturated heterocycles. The number of benzene rings is 1. The van der Waals surface area contributed by atoms with Gasteiger partial charge in [-0.15, -0.1) is 0 Å². The van der Waals surface area contributed by atoms with Crippen LogP contribution in [0.25, 0.3) is 16.9 Å². The Bertz CT molecular complexity index is 1040. The molecule has 1 aromatic carbocycles. The number of aromatic nitrogens is 3. The third-order valence-corrected chi connectivity index (χ3v) is 5.52. The van der Waals surface area contributed by atoms with E-state index >= 15 is 0 Å². The van der Waals surface area contributed by atoms with Crippen molar-refractivity contribution in [3.63, 3.8) is 0 Å². The second kappa shape index (κ2) is 7.58. The van der Waals surface area contributed by atoms with E-state index in [2.05, 4.69) is 36.2 Å². The van der Waals surface area contributed by atoms with Crippen LogP contribution in [-0.4, -0.2) is 26.5 Å². The van der Waals surface area contributed by atoms with Gasteiger partial charge in [-0.3, -0.25) is 4.79 Å². The van der Waals surface area contributed by atoms with Crippen LogP contribution in [0.15, 0.2) is 36.4 Å². The molecule has 1 aliphatic carbocycles. The van der Waals surface area contributed by atoms with E-state index in [0.29, 0.717) is 22.6 Å². The van der Waals surface area contributed by atoms with E-state index in [9.17, 15) is 9.18 Å². The van der Waals surface area contributed by atoms with Gasteiger partial charge >= 0.3 is 0 Å². The summed E-state index contributed by atoms with van der Waals surface area (Å²) in [4.78, 5) is 17.5. The minimum Gasteiger partial charge on any atom is -0.348 e. The molecule has 0 unspecified atom stereocenters. The molecule has 1 amide bonds. The summed E-state index contributed by atoms with van der Waals surface area (Å²) in [5.74, 6) is -0.568. The van der Waals surface area contributed by atoms with Gasteiger partial charge in [-0.1, -0.05) is 52.2 Å². The Morgan fingerprint density at radius 3 is 2.55 bits per heavy atom. The van der Waals surface area contributed by atoms with Gasteiger partial charge in [0, 0.05) is 23.1 Å². The molecule has 4 rings (SSSR count). The monoisotopic (exact) mass is 394 g/mol. The summed E-state index contributed by atoms with van der Waals surface area (Å²) in [6.07, 6.45) is 5.48. The number of rotatable bonds is 3. The van der Waals surface area contributed by atoms with Crippen LogP contribution in [0.3, 0.4) is 0 Å². The molecule has 1 saturated carbocycles. The number of hydrogen-bond acceptors (Lipinski definition) is 3. The molecule has 1 fully saturated rings. The van der Waals surface area contributed by atoms with Crippen LogP contribution < -0.4 is 5.32 Å². The Morgan fingerprint density at radius 1 is 1.14 bits per heavy atom. The lowest BCUT2D eigenvalue weighted by molar-refractivity contribution is 0.0923. The lowest BCUT2D eigenvalue weighted by Gasteiger charge is -2.22. The molecule has 2 heterocycles. The molecule has 29 heavy (non-hydrogen) atoms. The molecule has 0 atom stereocenters. The van der Waals surface area contributed by atoms with Gasteiger partial charge in [0.25, 0.3) is 5.91 Å². The minimum atomic E-state index is -0.355. The van der Waals surface area contributed by atoms with Gasteiger partial charge in [0.1, 0.15) is 11.5 Å². The normalized spacial score (nSPS) is 15.6. The smallest absolute Gasteiger partial charge is 0.270 e. The SMILES string of the molecule is CC(C)(C)c1cc2nc(C(=O)NC3CCCCC3)cc(-c3ccccc3F)n2n1. The molecule has 0 aliphatic heterocycles. The van der Waals surface area contributed by atoms with E-state index in [-0.39, 0.29) is 23.2 Å². The molecular formula is C23H27FN4O. The predicted octanol–water partition coefficient (Wildman–Crippen LogP) is 4.90. The highest BCUT2D eigenvalue weighted by molar-refractivity contribution is 5.94. The first-order valence-corrected chi connectivity index (χ1v) is 10.3. The van der Waals surface area contributed by atoms with Gasteiger partial charge in [-0.05, 0) is 31.0 Å². The highest BCUT2D eigenvalue weighted by atomic mass is 19.1. The fourth-order valence-electron chi connectivity index (χ4n) is 3.82. The second-order valence-electron chi connectivity index (χ2n) is 8.86. The maximum Gasteiger partial charge on any atom is 0.270 e. The number of nitrogens with one attached hydrogen (secondary N) is 1. The summed E-state index contributed by atoms with van der Waals surface area (Å²) < 4.78 is 16.2. The van der Waals surface area contributed by atoms with Crippen LogP contribution in [-0.2, 0) is 5.41 Å². The van der Waals surface area contributed by atoms with E-state index in [0.717, 1.165) is 31.4 Å². The van der Waals surface area contributed by atoms with Crippen molar-refractivity contribution in [2.75, 3.05) is 0 Å². The topological polar surface area (TPSA) is 59.3 Å². The van der Waals surface area contributed by atoms with E-state index < -0.39 is 0 Å². The van der Waals surface area contributed by atoms with Crippen LogP contribution in [0.1, 0.15) is 69.1 Å². The number of hydrogen-bond donors (Lipinski definition) is 1. The molecule has 0 bridgehead atoms. The second-order valence-corrected chi connectivity index (χ2v) is 8.86. The van der Waals surface area contributed by atoms with Crippen LogP contribution in [0, 0.1) is 5.82 Å². The standard InChI is InChI=1S/C23H27FN4O/c1-23(2,3)20-14-21-26-18(22(29)25-15-9-5-4-6-10-15)13-19(28(21)27-20)16-11-7-8-12-17(16)24/h7-8,11-15H,4-6,9-10H2,1-3H3,(H,25,29).